The molecule has 3 rings (SSSR count). The molecule has 0 aliphatic heterocycles. The number of fused-ring (bicyclic) bond motifs is 2. The molecule has 0 aromatic heterocycles. The van der Waals surface area contributed by atoms with E-state index >= 15 is 0 Å². The highest BCUT2D eigenvalue weighted by Crippen LogP contribution is 2.44. The molecule has 96 valence electrons. The quantitative estimate of drug-likeness (QED) is 0.817. The van der Waals surface area contributed by atoms with Crippen molar-refractivity contribution < 1.29 is 0 Å². The average Bonchev–Trinajstić information content (AvgIpc) is 3.00. The highest BCUT2D eigenvalue weighted by molar-refractivity contribution is 7.80. The number of hydrogen-bond acceptors (Lipinski definition) is 1. The first-order chi connectivity index (χ1) is 8.81. The Morgan fingerprint density at radius 2 is 2.00 bits per heavy atom. The molecule has 3 atom stereocenters. The fourth-order valence-corrected chi connectivity index (χ4v) is 3.64. The normalized spacial score (nSPS) is 29.2. The van der Waals surface area contributed by atoms with E-state index < -0.39 is 0 Å². The summed E-state index contributed by atoms with van der Waals surface area (Å²) in [7, 11) is 0. The number of rotatable bonds is 3. The minimum absolute atomic E-state index is 0.625. The number of nitrogens with one attached hydrogen (secondary N) is 2. The Balaban J connectivity index is 1.45. The summed E-state index contributed by atoms with van der Waals surface area (Å²) in [5, 5.41) is 7.62. The molecule has 2 fully saturated rings. The van der Waals surface area contributed by atoms with Gasteiger partial charge in [-0.25, -0.2) is 0 Å². The smallest absolute Gasteiger partial charge is 0.166 e. The van der Waals surface area contributed by atoms with Gasteiger partial charge in [0.05, 0.1) is 0 Å². The van der Waals surface area contributed by atoms with Crippen molar-refractivity contribution in [2.24, 2.45) is 11.8 Å². The van der Waals surface area contributed by atoms with Crippen LogP contribution in [0.4, 0.5) is 0 Å². The van der Waals surface area contributed by atoms with Crippen LogP contribution >= 0.6 is 12.2 Å². The molecule has 0 amide bonds. The van der Waals surface area contributed by atoms with Crippen LogP contribution in [0.1, 0.15) is 31.2 Å². The van der Waals surface area contributed by atoms with Crippen LogP contribution < -0.4 is 10.6 Å². The zero-order valence-electron chi connectivity index (χ0n) is 10.6. The van der Waals surface area contributed by atoms with E-state index in [4.69, 9.17) is 12.2 Å². The van der Waals surface area contributed by atoms with E-state index in [0.29, 0.717) is 6.04 Å². The van der Waals surface area contributed by atoms with Crippen molar-refractivity contribution in [2.75, 3.05) is 0 Å². The van der Waals surface area contributed by atoms with Crippen molar-refractivity contribution in [3.63, 3.8) is 0 Å². The average molecular weight is 260 g/mol. The van der Waals surface area contributed by atoms with E-state index in [0.717, 1.165) is 23.5 Å². The first-order valence-corrected chi connectivity index (χ1v) is 7.30. The van der Waals surface area contributed by atoms with E-state index in [1.54, 1.807) is 0 Å². The molecule has 18 heavy (non-hydrogen) atoms. The maximum absolute atomic E-state index is 5.38. The van der Waals surface area contributed by atoms with Crippen molar-refractivity contribution >= 4 is 17.3 Å². The maximum Gasteiger partial charge on any atom is 0.166 e. The third-order valence-corrected chi connectivity index (χ3v) is 4.61. The first kappa shape index (κ1) is 12.0. The molecule has 1 aromatic carbocycles. The van der Waals surface area contributed by atoms with Gasteiger partial charge in [0, 0.05) is 12.6 Å². The highest BCUT2D eigenvalue weighted by atomic mass is 32.1. The molecule has 2 aliphatic rings. The van der Waals surface area contributed by atoms with Crippen LogP contribution in [0.5, 0.6) is 0 Å². The topological polar surface area (TPSA) is 24.1 Å². The van der Waals surface area contributed by atoms with Gasteiger partial charge in [-0.3, -0.25) is 0 Å². The second-order valence-electron chi connectivity index (χ2n) is 5.59. The SMILES string of the molecule is S=C(NCc1ccccc1)N[C@@H]1C[C@H]2CC[C@H]1C2. The van der Waals surface area contributed by atoms with Gasteiger partial charge >= 0.3 is 0 Å². The molecule has 0 heterocycles. The van der Waals surface area contributed by atoms with E-state index in [2.05, 4.69) is 34.9 Å². The van der Waals surface area contributed by atoms with Crippen LogP contribution in [0.25, 0.3) is 0 Å². The largest absolute Gasteiger partial charge is 0.360 e. The van der Waals surface area contributed by atoms with Crippen LogP contribution in [0, 0.1) is 11.8 Å². The van der Waals surface area contributed by atoms with Crippen molar-refractivity contribution in [1.82, 2.24) is 10.6 Å². The van der Waals surface area contributed by atoms with Crippen LogP contribution in [0.3, 0.4) is 0 Å². The molecular weight excluding hydrogens is 240 g/mol. The zero-order valence-corrected chi connectivity index (χ0v) is 11.4. The Bertz CT molecular complexity index is 418. The van der Waals surface area contributed by atoms with Gasteiger partial charge in [-0.05, 0) is 48.9 Å². The zero-order chi connectivity index (χ0) is 12.4. The summed E-state index contributed by atoms with van der Waals surface area (Å²) in [6, 6.07) is 11.0. The summed E-state index contributed by atoms with van der Waals surface area (Å²) in [6.07, 6.45) is 5.56. The van der Waals surface area contributed by atoms with E-state index in [9.17, 15) is 0 Å². The minimum Gasteiger partial charge on any atom is -0.360 e. The van der Waals surface area contributed by atoms with Gasteiger partial charge in [-0.2, -0.15) is 0 Å². The third-order valence-electron chi connectivity index (χ3n) is 4.35. The monoisotopic (exact) mass is 260 g/mol. The predicted molar refractivity (Wildman–Crippen MR) is 78.3 cm³/mol. The number of hydrogen-bond donors (Lipinski definition) is 2. The van der Waals surface area contributed by atoms with Crippen molar-refractivity contribution in [3.8, 4) is 0 Å². The van der Waals surface area contributed by atoms with Crippen molar-refractivity contribution in [3.05, 3.63) is 35.9 Å². The molecule has 1 aromatic rings. The standard InChI is InChI=1S/C15H20N2S/c18-15(16-10-11-4-2-1-3-5-11)17-14-9-12-6-7-13(14)8-12/h1-5,12-14H,6-10H2,(H2,16,17,18)/t12-,13-,14+/m0/s1. The second-order valence-corrected chi connectivity index (χ2v) is 6.00. The van der Waals surface area contributed by atoms with Crippen LogP contribution in [-0.4, -0.2) is 11.2 Å². The summed E-state index contributed by atoms with van der Waals surface area (Å²) in [5.74, 6) is 1.83. The Kier molecular flexibility index (Phi) is 3.50. The molecule has 2 nitrogen and oxygen atoms in total. The predicted octanol–water partition coefficient (Wildman–Crippen LogP) is 2.84. The van der Waals surface area contributed by atoms with Gasteiger partial charge in [0.15, 0.2) is 5.11 Å². The van der Waals surface area contributed by atoms with Crippen LogP contribution in [-0.2, 0) is 6.54 Å². The van der Waals surface area contributed by atoms with Gasteiger partial charge in [0.2, 0.25) is 0 Å². The summed E-state index contributed by atoms with van der Waals surface area (Å²) in [4.78, 5) is 0. The molecule has 2 N–H and O–H groups in total. The Morgan fingerprint density at radius 1 is 1.17 bits per heavy atom. The number of benzene rings is 1. The van der Waals surface area contributed by atoms with Crippen molar-refractivity contribution in [2.45, 2.75) is 38.3 Å². The maximum atomic E-state index is 5.38. The third kappa shape index (κ3) is 2.66. The summed E-state index contributed by atoms with van der Waals surface area (Å²) in [5.41, 5.74) is 1.27. The fraction of sp³-hybridized carbons (Fsp3) is 0.533. The molecule has 0 radical (unpaired) electrons. The lowest BCUT2D eigenvalue weighted by Gasteiger charge is -2.24. The van der Waals surface area contributed by atoms with Gasteiger partial charge in [-0.15, -0.1) is 0 Å². The van der Waals surface area contributed by atoms with E-state index in [-0.39, 0.29) is 0 Å². The van der Waals surface area contributed by atoms with Crippen LogP contribution in [0.2, 0.25) is 0 Å². The summed E-state index contributed by atoms with van der Waals surface area (Å²) < 4.78 is 0. The highest BCUT2D eigenvalue weighted by Gasteiger charge is 2.39. The lowest BCUT2D eigenvalue weighted by atomic mass is 9.96. The van der Waals surface area contributed by atoms with Gasteiger partial charge in [0.1, 0.15) is 0 Å². The second kappa shape index (κ2) is 5.27. The lowest BCUT2D eigenvalue weighted by molar-refractivity contribution is 0.389. The lowest BCUT2D eigenvalue weighted by Crippen LogP contribution is -2.43. The van der Waals surface area contributed by atoms with E-state index in [1.165, 1.54) is 31.2 Å². The fourth-order valence-electron chi connectivity index (χ4n) is 3.42. The molecule has 3 heteroatoms. The molecule has 0 spiro atoms. The molecule has 0 saturated heterocycles. The molecular formula is C15H20N2S. The van der Waals surface area contributed by atoms with Gasteiger partial charge < -0.3 is 10.6 Å². The Morgan fingerprint density at radius 3 is 2.67 bits per heavy atom. The van der Waals surface area contributed by atoms with Crippen molar-refractivity contribution in [1.29, 1.82) is 0 Å². The van der Waals surface area contributed by atoms with Gasteiger partial charge in [0.25, 0.3) is 0 Å². The summed E-state index contributed by atoms with van der Waals surface area (Å²) in [6.45, 7) is 0.813. The minimum atomic E-state index is 0.625. The molecule has 2 saturated carbocycles. The van der Waals surface area contributed by atoms with Gasteiger partial charge in [-0.1, -0.05) is 36.8 Å². The molecule has 2 bridgehead atoms. The summed E-state index contributed by atoms with van der Waals surface area (Å²) >= 11 is 5.38. The Hall–Kier alpha value is -1.09. The molecule has 0 unspecified atom stereocenters. The van der Waals surface area contributed by atoms with E-state index in [1.807, 2.05) is 6.07 Å². The number of thiocarbonyl (C=S) groups is 1. The van der Waals surface area contributed by atoms with Crippen LogP contribution in [0.15, 0.2) is 30.3 Å². The Labute approximate surface area is 114 Å². The molecule has 2 aliphatic carbocycles. The first-order valence-electron chi connectivity index (χ1n) is 6.89.